The minimum atomic E-state index is 0.0318. The molecule has 0 aliphatic rings. The van der Waals surface area contributed by atoms with E-state index in [1.165, 1.54) is 26.8 Å². The lowest BCUT2D eigenvalue weighted by Crippen LogP contribution is -2.22. The molecule has 0 saturated heterocycles. The molecule has 3 aromatic rings. The monoisotopic (exact) mass is 309 g/mol. The molecular weight excluding hydrogens is 290 g/mol. The van der Waals surface area contributed by atoms with Crippen LogP contribution in [0.25, 0.3) is 10.1 Å². The lowest BCUT2D eigenvalue weighted by molar-refractivity contribution is -0.118. The molecule has 2 nitrogen and oxygen atoms in total. The fourth-order valence-electron chi connectivity index (χ4n) is 2.64. The Kier molecular flexibility index (Phi) is 4.54. The molecule has 0 fully saturated rings. The van der Waals surface area contributed by atoms with E-state index < -0.39 is 0 Å². The van der Waals surface area contributed by atoms with Gasteiger partial charge in [0.25, 0.3) is 0 Å². The number of fused-ring (bicyclic) bond motifs is 1. The Morgan fingerprint density at radius 2 is 1.91 bits per heavy atom. The summed E-state index contributed by atoms with van der Waals surface area (Å²) in [6, 6.07) is 17.2. The molecule has 1 N–H and O–H groups in total. The van der Waals surface area contributed by atoms with E-state index in [1.807, 2.05) is 6.07 Å². The number of hydrogen-bond acceptors (Lipinski definition) is 2. The Labute approximate surface area is 134 Å². The molecule has 0 saturated carbocycles. The lowest BCUT2D eigenvalue weighted by atomic mass is 10.0. The molecule has 0 bridgehead atoms. The van der Waals surface area contributed by atoms with Crippen molar-refractivity contribution in [1.29, 1.82) is 0 Å². The van der Waals surface area contributed by atoms with E-state index >= 15 is 0 Å². The largest absolute Gasteiger partial charge is 0.356 e. The van der Waals surface area contributed by atoms with Crippen LogP contribution >= 0.6 is 11.3 Å². The second kappa shape index (κ2) is 6.75. The number of amides is 1. The van der Waals surface area contributed by atoms with Gasteiger partial charge in [0.2, 0.25) is 5.91 Å². The maximum atomic E-state index is 11.0. The molecule has 1 aromatic heterocycles. The quantitative estimate of drug-likeness (QED) is 0.753. The van der Waals surface area contributed by atoms with Crippen molar-refractivity contribution in [3.05, 3.63) is 70.6 Å². The summed E-state index contributed by atoms with van der Waals surface area (Å²) >= 11 is 1.78. The van der Waals surface area contributed by atoms with E-state index in [0.717, 1.165) is 12.8 Å². The van der Waals surface area contributed by atoms with Crippen molar-refractivity contribution in [1.82, 2.24) is 5.32 Å². The lowest BCUT2D eigenvalue weighted by Gasteiger charge is -2.05. The second-order valence-electron chi connectivity index (χ2n) is 5.49. The van der Waals surface area contributed by atoms with Crippen molar-refractivity contribution in [2.75, 3.05) is 6.54 Å². The van der Waals surface area contributed by atoms with Gasteiger partial charge in [-0.15, -0.1) is 11.3 Å². The van der Waals surface area contributed by atoms with Crippen LogP contribution in [0.4, 0.5) is 0 Å². The Morgan fingerprint density at radius 1 is 1.09 bits per heavy atom. The van der Waals surface area contributed by atoms with Crippen LogP contribution in [0.1, 0.15) is 23.6 Å². The molecule has 112 valence electrons. The van der Waals surface area contributed by atoms with Gasteiger partial charge in [0.05, 0.1) is 0 Å². The average molecular weight is 309 g/mol. The normalized spacial score (nSPS) is 10.8. The van der Waals surface area contributed by atoms with Crippen molar-refractivity contribution in [2.24, 2.45) is 0 Å². The Hall–Kier alpha value is -2.13. The molecule has 3 rings (SSSR count). The predicted octanol–water partition coefficient (Wildman–Crippen LogP) is 4.17. The van der Waals surface area contributed by atoms with Crippen molar-refractivity contribution >= 4 is 27.3 Å². The van der Waals surface area contributed by atoms with Gasteiger partial charge in [-0.2, -0.15) is 0 Å². The van der Waals surface area contributed by atoms with Crippen LogP contribution in [0.2, 0.25) is 0 Å². The number of carbonyl (C=O) groups excluding carboxylic acids is 1. The smallest absolute Gasteiger partial charge is 0.216 e. The third kappa shape index (κ3) is 3.55. The first-order valence-corrected chi connectivity index (χ1v) is 8.38. The highest BCUT2D eigenvalue weighted by molar-refractivity contribution is 7.17. The van der Waals surface area contributed by atoms with Crippen LogP contribution in [0.15, 0.2) is 53.9 Å². The minimum Gasteiger partial charge on any atom is -0.356 e. The molecular formula is C19H19NOS. The molecule has 0 aliphatic carbocycles. The van der Waals surface area contributed by atoms with E-state index in [0.29, 0.717) is 6.54 Å². The summed E-state index contributed by atoms with van der Waals surface area (Å²) in [7, 11) is 0. The van der Waals surface area contributed by atoms with Gasteiger partial charge in [-0.1, -0.05) is 36.4 Å². The highest BCUT2D eigenvalue weighted by Gasteiger charge is 2.06. The number of benzene rings is 2. The van der Waals surface area contributed by atoms with Gasteiger partial charge in [-0.3, -0.25) is 4.79 Å². The van der Waals surface area contributed by atoms with Gasteiger partial charge in [-0.05, 0) is 52.4 Å². The first-order chi connectivity index (χ1) is 10.7. The highest BCUT2D eigenvalue weighted by atomic mass is 32.1. The zero-order valence-electron chi connectivity index (χ0n) is 12.6. The zero-order valence-corrected chi connectivity index (χ0v) is 13.5. The van der Waals surface area contributed by atoms with Crippen LogP contribution < -0.4 is 5.32 Å². The first kappa shape index (κ1) is 14.8. The van der Waals surface area contributed by atoms with Crippen LogP contribution in [0.3, 0.4) is 0 Å². The molecule has 1 heterocycles. The van der Waals surface area contributed by atoms with E-state index in [4.69, 9.17) is 0 Å². The van der Waals surface area contributed by atoms with E-state index in [2.05, 4.69) is 53.2 Å². The number of hydrogen-bond donors (Lipinski definition) is 1. The van der Waals surface area contributed by atoms with Gasteiger partial charge in [0.15, 0.2) is 0 Å². The number of thiophene rings is 1. The number of nitrogens with one attached hydrogen (secondary N) is 1. The summed E-state index contributed by atoms with van der Waals surface area (Å²) in [5, 5.41) is 6.40. The van der Waals surface area contributed by atoms with Gasteiger partial charge in [0, 0.05) is 18.2 Å². The summed E-state index contributed by atoms with van der Waals surface area (Å²) < 4.78 is 1.31. The Bertz CT molecular complexity index is 776. The summed E-state index contributed by atoms with van der Waals surface area (Å²) in [4.78, 5) is 11.0. The van der Waals surface area contributed by atoms with Crippen LogP contribution in [-0.2, 0) is 17.6 Å². The van der Waals surface area contributed by atoms with Crippen molar-refractivity contribution < 1.29 is 4.79 Å². The van der Waals surface area contributed by atoms with Crippen molar-refractivity contribution in [2.45, 2.75) is 19.8 Å². The molecule has 1 amide bonds. The molecule has 0 spiro atoms. The van der Waals surface area contributed by atoms with E-state index in [-0.39, 0.29) is 5.91 Å². The van der Waals surface area contributed by atoms with E-state index in [9.17, 15) is 4.79 Å². The summed E-state index contributed by atoms with van der Waals surface area (Å²) in [5.74, 6) is 0.0318. The summed E-state index contributed by atoms with van der Waals surface area (Å²) in [5.41, 5.74) is 3.98. The maximum Gasteiger partial charge on any atom is 0.216 e. The fourth-order valence-corrected chi connectivity index (χ4v) is 3.61. The molecule has 0 unspecified atom stereocenters. The highest BCUT2D eigenvalue weighted by Crippen LogP contribution is 2.28. The van der Waals surface area contributed by atoms with Gasteiger partial charge in [0.1, 0.15) is 0 Å². The Balaban J connectivity index is 1.80. The summed E-state index contributed by atoms with van der Waals surface area (Å²) in [6.07, 6.45) is 1.84. The fraction of sp³-hybridized carbons (Fsp3) is 0.211. The van der Waals surface area contributed by atoms with Crippen molar-refractivity contribution in [3.63, 3.8) is 0 Å². The van der Waals surface area contributed by atoms with E-state index in [1.54, 1.807) is 18.3 Å². The second-order valence-corrected chi connectivity index (χ2v) is 6.40. The average Bonchev–Trinajstić information content (AvgIpc) is 2.91. The first-order valence-electron chi connectivity index (χ1n) is 7.50. The Morgan fingerprint density at radius 3 is 2.68 bits per heavy atom. The molecule has 2 aromatic carbocycles. The molecule has 0 atom stereocenters. The van der Waals surface area contributed by atoms with Gasteiger partial charge in [-0.25, -0.2) is 0 Å². The van der Waals surface area contributed by atoms with Gasteiger partial charge >= 0.3 is 0 Å². The molecule has 0 aliphatic heterocycles. The third-order valence-electron chi connectivity index (χ3n) is 3.74. The SMILES string of the molecule is CC(=O)NCCc1csc2ccc(Cc3ccccc3)cc12. The summed E-state index contributed by atoms with van der Waals surface area (Å²) in [6.45, 7) is 2.26. The topological polar surface area (TPSA) is 29.1 Å². The van der Waals surface area contributed by atoms with Crippen molar-refractivity contribution in [3.8, 4) is 0 Å². The molecule has 3 heteroatoms. The minimum absolute atomic E-state index is 0.0318. The van der Waals surface area contributed by atoms with Crippen LogP contribution in [0, 0.1) is 0 Å². The molecule has 22 heavy (non-hydrogen) atoms. The predicted molar refractivity (Wildman–Crippen MR) is 93.5 cm³/mol. The standard InChI is InChI=1S/C19H19NOS/c1-14(21)20-10-9-17-13-22-19-8-7-16(12-18(17)19)11-15-5-3-2-4-6-15/h2-8,12-13H,9-11H2,1H3,(H,20,21). The van der Waals surface area contributed by atoms with Crippen LogP contribution in [0.5, 0.6) is 0 Å². The zero-order chi connectivity index (χ0) is 15.4. The third-order valence-corrected chi connectivity index (χ3v) is 4.75. The molecule has 0 radical (unpaired) electrons. The van der Waals surface area contributed by atoms with Gasteiger partial charge < -0.3 is 5.32 Å². The maximum absolute atomic E-state index is 11.0. The number of carbonyl (C=O) groups is 1. The van der Waals surface area contributed by atoms with Crippen LogP contribution in [-0.4, -0.2) is 12.5 Å². The number of rotatable bonds is 5.